The third kappa shape index (κ3) is 6.27. The molecule has 1 fully saturated rings. The molecule has 0 spiro atoms. The van der Waals surface area contributed by atoms with Gasteiger partial charge in [0.25, 0.3) is 16.8 Å². The third-order valence-electron chi connectivity index (χ3n) is 5.62. The van der Waals surface area contributed by atoms with Gasteiger partial charge in [-0.15, -0.1) is 0 Å². The highest BCUT2D eigenvalue weighted by Gasteiger charge is 2.36. The molecule has 0 aromatic heterocycles. The number of thioether (sulfide) groups is 1. The molecule has 4 rings (SSSR count). The standard InChI is InChI=1S/C28H24N2O7S/c1-3-36-25-14-19(7-12-24(25)37-17-20-6-4-5-18(2)13-20)15-26-27(32)29(28(33)38-26)16-23(31)21-8-10-22(11-9-21)30(34)35/h4-15H,3,16-17H2,1-2H3/b26-15-. The van der Waals surface area contributed by atoms with E-state index in [1.807, 2.05) is 38.1 Å². The van der Waals surface area contributed by atoms with Gasteiger partial charge in [-0.3, -0.25) is 29.4 Å². The molecule has 1 aliphatic heterocycles. The first kappa shape index (κ1) is 26.6. The van der Waals surface area contributed by atoms with Crippen molar-refractivity contribution in [2.24, 2.45) is 0 Å². The Morgan fingerprint density at radius 3 is 2.47 bits per heavy atom. The molecule has 10 heteroatoms. The van der Waals surface area contributed by atoms with E-state index >= 15 is 0 Å². The number of rotatable bonds is 10. The Morgan fingerprint density at radius 1 is 1.03 bits per heavy atom. The fraction of sp³-hybridized carbons (Fsp3) is 0.179. The zero-order chi connectivity index (χ0) is 27.2. The lowest BCUT2D eigenvalue weighted by atomic mass is 10.1. The topological polar surface area (TPSA) is 116 Å². The van der Waals surface area contributed by atoms with Crippen LogP contribution in [0.25, 0.3) is 6.08 Å². The first-order valence-electron chi connectivity index (χ1n) is 11.7. The van der Waals surface area contributed by atoms with Crippen LogP contribution in [0, 0.1) is 17.0 Å². The molecule has 194 valence electrons. The number of Topliss-reactive ketones (excluding diaryl/α,β-unsaturated/α-hetero) is 1. The summed E-state index contributed by atoms with van der Waals surface area (Å²) in [5.41, 5.74) is 2.79. The molecule has 2 amide bonds. The van der Waals surface area contributed by atoms with Crippen LogP contribution in [-0.4, -0.2) is 39.9 Å². The first-order valence-corrected chi connectivity index (χ1v) is 12.5. The van der Waals surface area contributed by atoms with Crippen molar-refractivity contribution < 1.29 is 28.8 Å². The number of benzene rings is 3. The van der Waals surface area contributed by atoms with Crippen LogP contribution in [0.1, 0.15) is 34.0 Å². The monoisotopic (exact) mass is 532 g/mol. The predicted molar refractivity (Wildman–Crippen MR) is 143 cm³/mol. The van der Waals surface area contributed by atoms with Gasteiger partial charge < -0.3 is 9.47 Å². The maximum atomic E-state index is 12.9. The first-order chi connectivity index (χ1) is 18.2. The van der Waals surface area contributed by atoms with E-state index in [1.165, 1.54) is 24.3 Å². The van der Waals surface area contributed by atoms with E-state index in [9.17, 15) is 24.5 Å². The van der Waals surface area contributed by atoms with E-state index in [0.29, 0.717) is 30.3 Å². The van der Waals surface area contributed by atoms with Crippen LogP contribution in [-0.2, 0) is 11.4 Å². The van der Waals surface area contributed by atoms with Crippen LogP contribution in [0.15, 0.2) is 71.6 Å². The number of nitrogens with zero attached hydrogens (tertiary/aromatic N) is 2. The summed E-state index contributed by atoms with van der Waals surface area (Å²) < 4.78 is 11.7. The Balaban J connectivity index is 1.47. The number of aryl methyl sites for hydroxylation is 1. The van der Waals surface area contributed by atoms with E-state index in [2.05, 4.69) is 0 Å². The lowest BCUT2D eigenvalue weighted by Crippen LogP contribution is -2.33. The zero-order valence-corrected chi connectivity index (χ0v) is 21.5. The molecule has 3 aromatic rings. The minimum Gasteiger partial charge on any atom is -0.490 e. The van der Waals surface area contributed by atoms with Crippen molar-refractivity contribution >= 4 is 40.5 Å². The molecule has 0 atom stereocenters. The average Bonchev–Trinajstić information content (AvgIpc) is 3.15. The molecule has 0 unspecified atom stereocenters. The van der Waals surface area contributed by atoms with Crippen molar-refractivity contribution in [1.29, 1.82) is 0 Å². The summed E-state index contributed by atoms with van der Waals surface area (Å²) in [4.78, 5) is 49.3. The fourth-order valence-electron chi connectivity index (χ4n) is 3.76. The minimum absolute atomic E-state index is 0.159. The quantitative estimate of drug-likeness (QED) is 0.139. The second kappa shape index (κ2) is 11.7. The Labute approximate surface area is 223 Å². The van der Waals surface area contributed by atoms with Gasteiger partial charge in [0.1, 0.15) is 6.61 Å². The molecule has 0 saturated carbocycles. The number of hydrogen-bond acceptors (Lipinski definition) is 8. The largest absolute Gasteiger partial charge is 0.490 e. The van der Waals surface area contributed by atoms with Crippen LogP contribution in [0.4, 0.5) is 10.5 Å². The second-order valence-corrected chi connectivity index (χ2v) is 9.41. The molecule has 1 heterocycles. The third-order valence-corrected chi connectivity index (χ3v) is 6.52. The van der Waals surface area contributed by atoms with Gasteiger partial charge in [-0.05, 0) is 67.1 Å². The molecular formula is C28H24N2O7S. The number of ether oxygens (including phenoxy) is 2. The summed E-state index contributed by atoms with van der Waals surface area (Å²) in [5.74, 6) is -0.0426. The van der Waals surface area contributed by atoms with Crippen molar-refractivity contribution in [3.8, 4) is 11.5 Å². The average molecular weight is 533 g/mol. The Hall–Kier alpha value is -4.44. The van der Waals surface area contributed by atoms with Crippen LogP contribution >= 0.6 is 11.8 Å². The van der Waals surface area contributed by atoms with Crippen molar-refractivity contribution in [1.82, 2.24) is 4.90 Å². The van der Waals surface area contributed by atoms with Crippen molar-refractivity contribution in [3.63, 3.8) is 0 Å². The summed E-state index contributed by atoms with van der Waals surface area (Å²) in [5, 5.41) is 10.2. The van der Waals surface area contributed by atoms with Crippen molar-refractivity contribution in [2.45, 2.75) is 20.5 Å². The molecule has 0 N–H and O–H groups in total. The Kier molecular flexibility index (Phi) is 8.22. The summed E-state index contributed by atoms with van der Waals surface area (Å²) in [6.07, 6.45) is 1.56. The maximum absolute atomic E-state index is 12.9. The van der Waals surface area contributed by atoms with Gasteiger partial charge in [0.2, 0.25) is 0 Å². The highest BCUT2D eigenvalue weighted by molar-refractivity contribution is 8.18. The van der Waals surface area contributed by atoms with Gasteiger partial charge in [0, 0.05) is 17.7 Å². The van der Waals surface area contributed by atoms with Crippen molar-refractivity contribution in [3.05, 3.63) is 104 Å². The van der Waals surface area contributed by atoms with Gasteiger partial charge in [-0.25, -0.2) is 0 Å². The number of nitro groups is 1. The second-order valence-electron chi connectivity index (χ2n) is 8.41. The minimum atomic E-state index is -0.590. The van der Waals surface area contributed by atoms with E-state index in [4.69, 9.17) is 9.47 Å². The molecular weight excluding hydrogens is 508 g/mol. The summed E-state index contributed by atoms with van der Waals surface area (Å²) >= 11 is 0.737. The molecule has 1 saturated heterocycles. The normalized spacial score (nSPS) is 14.2. The number of amides is 2. The predicted octanol–water partition coefficient (Wildman–Crippen LogP) is 5.80. The van der Waals surface area contributed by atoms with Crippen LogP contribution in [0.2, 0.25) is 0 Å². The summed E-state index contributed by atoms with van der Waals surface area (Å²) in [6.45, 7) is 4.17. The number of hydrogen-bond donors (Lipinski definition) is 0. The van der Waals surface area contributed by atoms with E-state index in [-0.39, 0.29) is 16.2 Å². The number of carbonyl (C=O) groups is 3. The highest BCUT2D eigenvalue weighted by atomic mass is 32.2. The SMILES string of the molecule is CCOc1cc(/C=C2\SC(=O)N(CC(=O)c3ccc([N+](=O)[O-])cc3)C2=O)ccc1OCc1cccc(C)c1. The summed E-state index contributed by atoms with van der Waals surface area (Å²) in [7, 11) is 0. The number of non-ortho nitro benzene ring substituents is 1. The van der Waals surface area contributed by atoms with Gasteiger partial charge in [0.05, 0.1) is 23.0 Å². The fourth-order valence-corrected chi connectivity index (χ4v) is 4.59. The van der Waals surface area contributed by atoms with Gasteiger partial charge in [-0.2, -0.15) is 0 Å². The van der Waals surface area contributed by atoms with Crippen LogP contribution < -0.4 is 9.47 Å². The maximum Gasteiger partial charge on any atom is 0.293 e. The van der Waals surface area contributed by atoms with Crippen molar-refractivity contribution in [2.75, 3.05) is 13.2 Å². The van der Waals surface area contributed by atoms with E-state index in [0.717, 1.165) is 27.8 Å². The molecule has 38 heavy (non-hydrogen) atoms. The summed E-state index contributed by atoms with van der Waals surface area (Å²) in [6, 6.07) is 18.2. The number of nitro benzene ring substituents is 1. The van der Waals surface area contributed by atoms with E-state index in [1.54, 1.807) is 24.3 Å². The molecule has 1 aliphatic rings. The molecule has 0 radical (unpaired) electrons. The smallest absolute Gasteiger partial charge is 0.293 e. The van der Waals surface area contributed by atoms with Crippen LogP contribution in [0.5, 0.6) is 11.5 Å². The van der Waals surface area contributed by atoms with Gasteiger partial charge >= 0.3 is 0 Å². The number of imide groups is 1. The van der Waals surface area contributed by atoms with E-state index < -0.39 is 28.4 Å². The molecule has 9 nitrogen and oxygen atoms in total. The molecule has 3 aromatic carbocycles. The Morgan fingerprint density at radius 2 is 1.79 bits per heavy atom. The van der Waals surface area contributed by atoms with Gasteiger partial charge in [0.15, 0.2) is 17.3 Å². The number of carbonyl (C=O) groups excluding carboxylic acids is 3. The lowest BCUT2D eigenvalue weighted by Gasteiger charge is -2.13. The molecule has 0 aliphatic carbocycles. The number of ketones is 1. The van der Waals surface area contributed by atoms with Crippen LogP contribution in [0.3, 0.4) is 0 Å². The molecule has 0 bridgehead atoms. The highest BCUT2D eigenvalue weighted by Crippen LogP contribution is 2.35. The Bertz CT molecular complexity index is 1430. The zero-order valence-electron chi connectivity index (χ0n) is 20.7. The van der Waals surface area contributed by atoms with Gasteiger partial charge in [-0.1, -0.05) is 35.9 Å². The lowest BCUT2D eigenvalue weighted by molar-refractivity contribution is -0.384.